The van der Waals surface area contributed by atoms with Crippen LogP contribution in [-0.4, -0.2) is 32.2 Å². The molecule has 24 heavy (non-hydrogen) atoms. The molecule has 1 amide bonds. The monoisotopic (exact) mass is 359 g/mol. The summed E-state index contributed by atoms with van der Waals surface area (Å²) in [4.78, 5) is 42.1. The van der Waals surface area contributed by atoms with Crippen molar-refractivity contribution in [1.29, 1.82) is 0 Å². The van der Waals surface area contributed by atoms with Crippen molar-refractivity contribution in [2.45, 2.75) is 19.4 Å². The molecule has 0 radical (unpaired) electrons. The van der Waals surface area contributed by atoms with Gasteiger partial charge in [-0.05, 0) is 31.0 Å². The molecule has 1 aliphatic heterocycles. The summed E-state index contributed by atoms with van der Waals surface area (Å²) in [7, 11) is 0. The number of aromatic nitrogens is 2. The van der Waals surface area contributed by atoms with E-state index in [-0.39, 0.29) is 16.6 Å². The molecule has 4 heterocycles. The van der Waals surface area contributed by atoms with Crippen LogP contribution in [0, 0.1) is 6.92 Å². The second-order valence-corrected chi connectivity index (χ2v) is 7.74. The zero-order valence-electron chi connectivity index (χ0n) is 12.7. The Morgan fingerprint density at radius 2 is 2.25 bits per heavy atom. The highest BCUT2D eigenvalue weighted by molar-refractivity contribution is 8.14. The van der Waals surface area contributed by atoms with E-state index in [0.717, 1.165) is 11.3 Å². The van der Waals surface area contributed by atoms with Crippen LogP contribution in [0.3, 0.4) is 0 Å². The molecule has 1 saturated heterocycles. The highest BCUT2D eigenvalue weighted by Crippen LogP contribution is 2.24. The molecule has 1 atom stereocenters. The van der Waals surface area contributed by atoms with Crippen molar-refractivity contribution >= 4 is 50.0 Å². The highest BCUT2D eigenvalue weighted by atomic mass is 32.2. The number of hydrogen-bond acceptors (Lipinski definition) is 6. The van der Waals surface area contributed by atoms with Gasteiger partial charge in [0.2, 0.25) is 5.12 Å². The second-order valence-electron chi connectivity index (χ2n) is 5.61. The number of hydrogen-bond donors (Lipinski definition) is 1. The van der Waals surface area contributed by atoms with Crippen LogP contribution in [0.25, 0.3) is 15.9 Å². The number of pyridine rings is 1. The lowest BCUT2D eigenvalue weighted by Crippen LogP contribution is -2.36. The van der Waals surface area contributed by atoms with E-state index in [4.69, 9.17) is 0 Å². The standard InChI is InChI=1S/C16H13N3O3S2/c1-8-3-2-5-19-12(8)18-14-9(15(19)21)7-11(24-14)13(20)17-10-4-6-23-16(10)22/h2-3,5,7,10H,4,6H2,1H3,(H,17,20). The van der Waals surface area contributed by atoms with Crippen molar-refractivity contribution in [1.82, 2.24) is 14.7 Å². The van der Waals surface area contributed by atoms with Gasteiger partial charge in [-0.25, -0.2) is 4.98 Å². The summed E-state index contributed by atoms with van der Waals surface area (Å²) in [5.41, 5.74) is 1.29. The largest absolute Gasteiger partial charge is 0.341 e. The lowest BCUT2D eigenvalue weighted by molar-refractivity contribution is -0.112. The number of thiophene rings is 1. The normalized spacial score (nSPS) is 17.7. The maximum absolute atomic E-state index is 12.6. The lowest BCUT2D eigenvalue weighted by atomic mass is 10.2. The first-order chi connectivity index (χ1) is 11.5. The van der Waals surface area contributed by atoms with E-state index >= 15 is 0 Å². The summed E-state index contributed by atoms with van der Waals surface area (Å²) in [5.74, 6) is 0.396. The van der Waals surface area contributed by atoms with Crippen molar-refractivity contribution in [3.63, 3.8) is 0 Å². The molecule has 122 valence electrons. The molecule has 0 saturated carbocycles. The number of rotatable bonds is 2. The molecule has 1 fully saturated rings. The zero-order valence-corrected chi connectivity index (χ0v) is 14.4. The minimum absolute atomic E-state index is 0.0102. The van der Waals surface area contributed by atoms with Gasteiger partial charge in [-0.15, -0.1) is 11.3 Å². The number of nitrogens with zero attached hydrogens (tertiary/aromatic N) is 2. The van der Waals surface area contributed by atoms with Crippen molar-refractivity contribution in [3.8, 4) is 0 Å². The molecule has 3 aromatic rings. The summed E-state index contributed by atoms with van der Waals surface area (Å²) in [6.45, 7) is 1.89. The summed E-state index contributed by atoms with van der Waals surface area (Å²) in [5, 5.41) is 3.15. The summed E-state index contributed by atoms with van der Waals surface area (Å²) < 4.78 is 1.49. The molecule has 1 unspecified atom stereocenters. The van der Waals surface area contributed by atoms with Gasteiger partial charge in [-0.2, -0.15) is 0 Å². The van der Waals surface area contributed by atoms with Gasteiger partial charge in [-0.1, -0.05) is 17.8 Å². The average molecular weight is 359 g/mol. The number of fused-ring (bicyclic) bond motifs is 2. The fourth-order valence-electron chi connectivity index (χ4n) is 2.73. The van der Waals surface area contributed by atoms with Crippen LogP contribution >= 0.6 is 23.1 Å². The van der Waals surface area contributed by atoms with E-state index in [1.807, 2.05) is 13.0 Å². The van der Waals surface area contributed by atoms with Gasteiger partial charge in [0.25, 0.3) is 11.5 Å². The van der Waals surface area contributed by atoms with E-state index in [2.05, 4.69) is 10.3 Å². The number of amides is 1. The molecule has 1 aliphatic rings. The van der Waals surface area contributed by atoms with Crippen LogP contribution in [0.2, 0.25) is 0 Å². The van der Waals surface area contributed by atoms with Crippen LogP contribution in [-0.2, 0) is 4.79 Å². The maximum Gasteiger partial charge on any atom is 0.266 e. The summed E-state index contributed by atoms with van der Waals surface area (Å²) >= 11 is 2.41. The van der Waals surface area contributed by atoms with Crippen LogP contribution in [0.1, 0.15) is 21.7 Å². The van der Waals surface area contributed by atoms with E-state index < -0.39 is 6.04 Å². The third-order valence-electron chi connectivity index (χ3n) is 4.00. The quantitative estimate of drug-likeness (QED) is 0.757. The third-order valence-corrected chi connectivity index (χ3v) is 6.03. The Bertz CT molecular complexity index is 1050. The Morgan fingerprint density at radius 3 is 3.00 bits per heavy atom. The van der Waals surface area contributed by atoms with Crippen LogP contribution < -0.4 is 10.9 Å². The van der Waals surface area contributed by atoms with Gasteiger partial charge in [0.1, 0.15) is 10.5 Å². The predicted molar refractivity (Wildman–Crippen MR) is 94.9 cm³/mol. The van der Waals surface area contributed by atoms with E-state index in [0.29, 0.717) is 27.2 Å². The molecule has 3 aromatic heterocycles. The van der Waals surface area contributed by atoms with Gasteiger partial charge < -0.3 is 5.32 Å². The zero-order chi connectivity index (χ0) is 16.8. The smallest absolute Gasteiger partial charge is 0.266 e. The van der Waals surface area contributed by atoms with Gasteiger partial charge in [0.05, 0.1) is 16.3 Å². The average Bonchev–Trinajstić information content (AvgIpc) is 3.16. The third kappa shape index (κ3) is 2.42. The van der Waals surface area contributed by atoms with Gasteiger partial charge in [0, 0.05) is 11.9 Å². The molecular formula is C16H13N3O3S2. The molecule has 8 heteroatoms. The molecule has 0 bridgehead atoms. The van der Waals surface area contributed by atoms with Crippen molar-refractivity contribution < 1.29 is 9.59 Å². The molecule has 0 aliphatic carbocycles. The van der Waals surface area contributed by atoms with E-state index in [1.54, 1.807) is 18.3 Å². The van der Waals surface area contributed by atoms with Crippen molar-refractivity contribution in [2.24, 2.45) is 0 Å². The molecule has 4 rings (SSSR count). The molecule has 0 aromatic carbocycles. The van der Waals surface area contributed by atoms with Gasteiger partial charge in [0.15, 0.2) is 0 Å². The first kappa shape index (κ1) is 15.3. The van der Waals surface area contributed by atoms with Crippen LogP contribution in [0.5, 0.6) is 0 Å². The van der Waals surface area contributed by atoms with Crippen LogP contribution in [0.4, 0.5) is 0 Å². The van der Waals surface area contributed by atoms with E-state index in [9.17, 15) is 14.4 Å². The van der Waals surface area contributed by atoms with Crippen LogP contribution in [0.15, 0.2) is 29.2 Å². The van der Waals surface area contributed by atoms with Crippen molar-refractivity contribution in [3.05, 3.63) is 45.2 Å². The molecule has 6 nitrogen and oxygen atoms in total. The minimum Gasteiger partial charge on any atom is -0.341 e. The number of carbonyl (C=O) groups excluding carboxylic acids is 2. The second kappa shape index (κ2) is 5.71. The highest BCUT2D eigenvalue weighted by Gasteiger charge is 2.27. The number of carbonyl (C=O) groups is 2. The minimum atomic E-state index is -0.442. The first-order valence-electron chi connectivity index (χ1n) is 7.43. The number of thioether (sulfide) groups is 1. The maximum atomic E-state index is 12.6. The van der Waals surface area contributed by atoms with Gasteiger partial charge in [-0.3, -0.25) is 18.8 Å². The molecule has 0 spiro atoms. The SMILES string of the molecule is Cc1cccn2c(=O)c3cc(C(=O)NC4CCSC4=O)sc3nc12. The van der Waals surface area contributed by atoms with Gasteiger partial charge >= 0.3 is 0 Å². The number of nitrogens with one attached hydrogen (secondary N) is 1. The lowest BCUT2D eigenvalue weighted by Gasteiger charge is -2.08. The molecular weight excluding hydrogens is 346 g/mol. The summed E-state index contributed by atoms with van der Waals surface area (Å²) in [6, 6.07) is 4.80. The topological polar surface area (TPSA) is 80.5 Å². The predicted octanol–water partition coefficient (Wildman–Crippen LogP) is 1.98. The fourth-order valence-corrected chi connectivity index (χ4v) is 4.58. The Hall–Kier alpha value is -2.19. The molecule has 1 N–H and O–H groups in total. The first-order valence-corrected chi connectivity index (χ1v) is 9.24. The Morgan fingerprint density at radius 1 is 1.42 bits per heavy atom. The summed E-state index contributed by atoms with van der Waals surface area (Å²) in [6.07, 6.45) is 2.31. The van der Waals surface area contributed by atoms with Crippen molar-refractivity contribution in [2.75, 3.05) is 5.75 Å². The fraction of sp³-hybridized carbons (Fsp3) is 0.250. The van der Waals surface area contributed by atoms with E-state index in [1.165, 1.54) is 27.5 Å². The Balaban J connectivity index is 1.78. The Kier molecular flexibility index (Phi) is 3.65. The Labute approximate surface area is 144 Å². The number of aryl methyl sites for hydroxylation is 1.